The molecule has 0 unspecified atom stereocenters. The van der Waals surface area contributed by atoms with Gasteiger partial charge in [-0.15, -0.1) is 0 Å². The zero-order valence-corrected chi connectivity index (χ0v) is 13.5. The summed E-state index contributed by atoms with van der Waals surface area (Å²) < 4.78 is 1.07. The highest BCUT2D eigenvalue weighted by Crippen LogP contribution is 2.18. The number of rotatable bonds is 6. The second kappa shape index (κ2) is 7.03. The van der Waals surface area contributed by atoms with E-state index in [0.717, 1.165) is 22.1 Å². The summed E-state index contributed by atoms with van der Waals surface area (Å²) in [6.45, 7) is 0.444. The summed E-state index contributed by atoms with van der Waals surface area (Å²) in [4.78, 5) is 25.2. The first kappa shape index (κ1) is 15.2. The molecule has 0 heterocycles. The number of hydrogen-bond acceptors (Lipinski definition) is 3. The normalized spacial score (nSPS) is 14.2. The third kappa shape index (κ3) is 5.46. The molecule has 1 aliphatic carbocycles. The average molecular weight is 387 g/mol. The smallest absolute Gasteiger partial charge is 0.238 e. The van der Waals surface area contributed by atoms with Gasteiger partial charge in [0.15, 0.2) is 0 Å². The second-order valence-electron chi connectivity index (χ2n) is 5.07. The molecule has 2 N–H and O–H groups in total. The van der Waals surface area contributed by atoms with Gasteiger partial charge in [0.1, 0.15) is 0 Å². The Kier molecular flexibility index (Phi) is 5.36. The lowest BCUT2D eigenvalue weighted by Crippen LogP contribution is -2.39. The third-order valence-electron chi connectivity index (χ3n) is 2.88. The summed E-state index contributed by atoms with van der Waals surface area (Å²) >= 11 is 2.20. The number of carbonyl (C=O) groups is 2. The van der Waals surface area contributed by atoms with Gasteiger partial charge in [-0.05, 0) is 60.7 Å². The van der Waals surface area contributed by atoms with Crippen LogP contribution in [0.1, 0.15) is 12.8 Å². The van der Waals surface area contributed by atoms with Crippen molar-refractivity contribution in [3.63, 3.8) is 0 Å². The van der Waals surface area contributed by atoms with Crippen molar-refractivity contribution in [3.05, 3.63) is 27.8 Å². The number of anilines is 1. The lowest BCUT2D eigenvalue weighted by atomic mass is 10.3. The number of amides is 2. The monoisotopic (exact) mass is 387 g/mol. The minimum Gasteiger partial charge on any atom is -0.352 e. The number of halogens is 1. The Morgan fingerprint density at radius 2 is 2.00 bits per heavy atom. The van der Waals surface area contributed by atoms with Crippen molar-refractivity contribution in [2.24, 2.45) is 0 Å². The minimum absolute atomic E-state index is 0.0166. The maximum Gasteiger partial charge on any atom is 0.238 e. The molecule has 1 fully saturated rings. The van der Waals surface area contributed by atoms with E-state index < -0.39 is 0 Å². The van der Waals surface area contributed by atoms with Gasteiger partial charge in [-0.3, -0.25) is 14.5 Å². The van der Waals surface area contributed by atoms with Crippen molar-refractivity contribution in [1.29, 1.82) is 0 Å². The molecule has 1 saturated carbocycles. The molecular formula is C14H18IN3O2. The fraction of sp³-hybridized carbons (Fsp3) is 0.429. The first-order chi connectivity index (χ1) is 9.52. The number of likely N-dealkylation sites (N-methyl/N-ethyl adjacent to an activating group) is 1. The van der Waals surface area contributed by atoms with Gasteiger partial charge >= 0.3 is 0 Å². The maximum atomic E-state index is 11.9. The Morgan fingerprint density at radius 1 is 1.30 bits per heavy atom. The highest BCUT2D eigenvalue weighted by atomic mass is 127. The Bertz CT molecular complexity index is 503. The topological polar surface area (TPSA) is 61.4 Å². The maximum absolute atomic E-state index is 11.9. The molecular weight excluding hydrogens is 369 g/mol. The molecule has 2 amide bonds. The van der Waals surface area contributed by atoms with Crippen LogP contribution in [-0.4, -0.2) is 42.9 Å². The molecule has 1 aromatic rings. The van der Waals surface area contributed by atoms with Crippen molar-refractivity contribution in [3.8, 4) is 0 Å². The fourth-order valence-electron chi connectivity index (χ4n) is 1.81. The predicted octanol–water partition coefficient (Wildman–Crippen LogP) is 1.44. The SMILES string of the molecule is CN(CC(=O)Nc1cccc(I)c1)CC(=O)NC1CC1. The van der Waals surface area contributed by atoms with Gasteiger partial charge in [-0.25, -0.2) is 0 Å². The molecule has 0 atom stereocenters. The number of carbonyl (C=O) groups excluding carboxylic acids is 2. The second-order valence-corrected chi connectivity index (χ2v) is 6.32. The number of nitrogens with zero attached hydrogens (tertiary/aromatic N) is 1. The highest BCUT2D eigenvalue weighted by Gasteiger charge is 2.23. The summed E-state index contributed by atoms with van der Waals surface area (Å²) in [5.74, 6) is -0.134. The summed E-state index contributed by atoms with van der Waals surface area (Å²) in [6, 6.07) is 7.96. The first-order valence-electron chi connectivity index (χ1n) is 6.56. The van der Waals surface area contributed by atoms with Gasteiger partial charge < -0.3 is 10.6 Å². The molecule has 0 aliphatic heterocycles. The summed E-state index contributed by atoms with van der Waals surface area (Å²) in [5.41, 5.74) is 0.776. The quantitative estimate of drug-likeness (QED) is 0.727. The Hall–Kier alpha value is -1.15. The van der Waals surface area contributed by atoms with E-state index in [2.05, 4.69) is 33.2 Å². The van der Waals surface area contributed by atoms with E-state index in [0.29, 0.717) is 6.04 Å². The summed E-state index contributed by atoms with van der Waals surface area (Å²) in [5, 5.41) is 5.72. The van der Waals surface area contributed by atoms with Crippen LogP contribution in [0.5, 0.6) is 0 Å². The lowest BCUT2D eigenvalue weighted by molar-refractivity contribution is -0.123. The third-order valence-corrected chi connectivity index (χ3v) is 3.55. The molecule has 5 nitrogen and oxygen atoms in total. The van der Waals surface area contributed by atoms with Crippen molar-refractivity contribution in [2.75, 3.05) is 25.5 Å². The number of nitrogens with one attached hydrogen (secondary N) is 2. The van der Waals surface area contributed by atoms with Crippen LogP contribution < -0.4 is 10.6 Å². The molecule has 0 saturated heterocycles. The average Bonchev–Trinajstić information content (AvgIpc) is 3.11. The van der Waals surface area contributed by atoms with Gasteiger partial charge in [-0.2, -0.15) is 0 Å². The van der Waals surface area contributed by atoms with Crippen LogP contribution in [0.25, 0.3) is 0 Å². The van der Waals surface area contributed by atoms with Crippen LogP contribution in [0.15, 0.2) is 24.3 Å². The Balaban J connectivity index is 1.74. The van der Waals surface area contributed by atoms with Crippen molar-refractivity contribution >= 4 is 40.1 Å². The standard InChI is InChI=1S/C14H18IN3O2/c1-18(8-13(19)16-11-5-6-11)9-14(20)17-12-4-2-3-10(15)7-12/h2-4,7,11H,5-6,8-9H2,1H3,(H,16,19)(H,17,20). The molecule has 0 aromatic heterocycles. The zero-order valence-electron chi connectivity index (χ0n) is 11.4. The number of hydrogen-bond donors (Lipinski definition) is 2. The molecule has 0 bridgehead atoms. The van der Waals surface area contributed by atoms with E-state index in [1.165, 1.54) is 0 Å². The molecule has 20 heavy (non-hydrogen) atoms. The summed E-state index contributed by atoms with van der Waals surface area (Å²) in [7, 11) is 1.76. The van der Waals surface area contributed by atoms with Crippen molar-refractivity contribution in [1.82, 2.24) is 10.2 Å². The van der Waals surface area contributed by atoms with E-state index in [1.54, 1.807) is 11.9 Å². The van der Waals surface area contributed by atoms with Crippen molar-refractivity contribution in [2.45, 2.75) is 18.9 Å². The first-order valence-corrected chi connectivity index (χ1v) is 7.64. The van der Waals surface area contributed by atoms with Crippen LogP contribution in [0.3, 0.4) is 0 Å². The van der Waals surface area contributed by atoms with E-state index in [4.69, 9.17) is 0 Å². The van der Waals surface area contributed by atoms with Gasteiger partial charge in [0.05, 0.1) is 13.1 Å². The van der Waals surface area contributed by atoms with E-state index in [-0.39, 0.29) is 24.9 Å². The van der Waals surface area contributed by atoms with Crippen LogP contribution in [0, 0.1) is 3.57 Å². The highest BCUT2D eigenvalue weighted by molar-refractivity contribution is 14.1. The van der Waals surface area contributed by atoms with Crippen LogP contribution >= 0.6 is 22.6 Å². The van der Waals surface area contributed by atoms with E-state index in [1.807, 2.05) is 24.3 Å². The molecule has 108 valence electrons. The lowest BCUT2D eigenvalue weighted by Gasteiger charge is -2.16. The minimum atomic E-state index is -0.117. The number of benzene rings is 1. The zero-order chi connectivity index (χ0) is 14.5. The Labute approximate surface area is 132 Å². The molecule has 1 aromatic carbocycles. The van der Waals surface area contributed by atoms with Gasteiger partial charge in [0.25, 0.3) is 0 Å². The van der Waals surface area contributed by atoms with Crippen LogP contribution in [-0.2, 0) is 9.59 Å². The van der Waals surface area contributed by atoms with Crippen LogP contribution in [0.2, 0.25) is 0 Å². The largest absolute Gasteiger partial charge is 0.352 e. The van der Waals surface area contributed by atoms with E-state index >= 15 is 0 Å². The Morgan fingerprint density at radius 3 is 2.65 bits per heavy atom. The van der Waals surface area contributed by atoms with E-state index in [9.17, 15) is 9.59 Å². The van der Waals surface area contributed by atoms with Gasteiger partial charge in [-0.1, -0.05) is 6.07 Å². The predicted molar refractivity (Wildman–Crippen MR) is 86.5 cm³/mol. The van der Waals surface area contributed by atoms with Gasteiger partial charge in [0, 0.05) is 15.3 Å². The molecule has 6 heteroatoms. The summed E-state index contributed by atoms with van der Waals surface area (Å²) in [6.07, 6.45) is 2.14. The van der Waals surface area contributed by atoms with Gasteiger partial charge in [0.2, 0.25) is 11.8 Å². The van der Waals surface area contributed by atoms with Crippen LogP contribution in [0.4, 0.5) is 5.69 Å². The molecule has 2 rings (SSSR count). The molecule has 1 aliphatic rings. The molecule has 0 spiro atoms. The van der Waals surface area contributed by atoms with Crippen molar-refractivity contribution < 1.29 is 9.59 Å². The fourth-order valence-corrected chi connectivity index (χ4v) is 2.36. The molecule has 0 radical (unpaired) electrons.